The van der Waals surface area contributed by atoms with E-state index >= 15 is 0 Å². The average Bonchev–Trinajstić information content (AvgIpc) is 3.18. The monoisotopic (exact) mass is 371 g/mol. The molecule has 27 heavy (non-hydrogen) atoms. The van der Waals surface area contributed by atoms with Crippen molar-refractivity contribution in [2.45, 2.75) is 43.7 Å². The fourth-order valence-electron chi connectivity index (χ4n) is 4.75. The third-order valence-corrected chi connectivity index (χ3v) is 6.26. The van der Waals surface area contributed by atoms with Crippen LogP contribution in [0.15, 0.2) is 12.1 Å². The van der Waals surface area contributed by atoms with Crippen LogP contribution in [-0.4, -0.2) is 58.6 Å². The van der Waals surface area contributed by atoms with Gasteiger partial charge in [0.05, 0.1) is 23.6 Å². The van der Waals surface area contributed by atoms with Gasteiger partial charge in [-0.15, -0.1) is 0 Å². The van der Waals surface area contributed by atoms with E-state index < -0.39 is 11.5 Å². The van der Waals surface area contributed by atoms with Crippen molar-refractivity contribution in [2.75, 3.05) is 19.7 Å². The lowest BCUT2D eigenvalue weighted by Gasteiger charge is -2.37. The van der Waals surface area contributed by atoms with Gasteiger partial charge in [-0.25, -0.2) is 5.01 Å². The molecule has 0 aromatic heterocycles. The highest BCUT2D eigenvalue weighted by Crippen LogP contribution is 2.48. The van der Waals surface area contributed by atoms with Gasteiger partial charge in [0.25, 0.3) is 5.91 Å². The maximum atomic E-state index is 12.9. The minimum Gasteiger partial charge on any atom is -0.492 e. The van der Waals surface area contributed by atoms with E-state index in [0.29, 0.717) is 36.4 Å². The molecular weight excluding hydrogens is 350 g/mol. The molecule has 4 heterocycles. The van der Waals surface area contributed by atoms with Crippen LogP contribution in [-0.2, 0) is 21.5 Å². The summed E-state index contributed by atoms with van der Waals surface area (Å²) in [4.78, 5) is 37.4. The third kappa shape index (κ3) is 2.20. The molecule has 1 spiro atoms. The largest absolute Gasteiger partial charge is 0.492 e. The number of amides is 3. The maximum Gasteiger partial charge on any atom is 0.273 e. The Kier molecular flexibility index (Phi) is 3.57. The molecular formula is C19H21N3O5. The summed E-state index contributed by atoms with van der Waals surface area (Å²) in [5.41, 5.74) is 1.61. The molecule has 3 amide bonds. The zero-order valence-electron chi connectivity index (χ0n) is 14.9. The Morgan fingerprint density at radius 3 is 2.70 bits per heavy atom. The Morgan fingerprint density at radius 1 is 1.19 bits per heavy atom. The van der Waals surface area contributed by atoms with Crippen LogP contribution in [0.1, 0.15) is 47.2 Å². The number of carbonyl (C=O) groups excluding carboxylic acids is 3. The molecule has 2 fully saturated rings. The van der Waals surface area contributed by atoms with Crippen LogP contribution in [0.2, 0.25) is 0 Å². The highest BCUT2D eigenvalue weighted by atomic mass is 16.5. The number of piperidine rings is 2. The summed E-state index contributed by atoms with van der Waals surface area (Å²) in [5, 5.41) is 16.0. The number of imide groups is 1. The standard InChI is InChI=1S/C19H21N3O5/c23-14-8-20-7-6-19(14)10-27-17-12-9-21(18(26)11(12)4-5-13(17)19)22-15(24)2-1-3-16(22)25/h4-5,14,20,23H,1-3,6-10H2. The predicted molar refractivity (Wildman–Crippen MR) is 92.7 cm³/mol. The van der Waals surface area contributed by atoms with Gasteiger partial charge in [0.2, 0.25) is 11.8 Å². The van der Waals surface area contributed by atoms with Crippen molar-refractivity contribution >= 4 is 17.7 Å². The molecule has 1 aromatic rings. The second-order valence-corrected chi connectivity index (χ2v) is 7.70. The highest BCUT2D eigenvalue weighted by Gasteiger charge is 2.50. The van der Waals surface area contributed by atoms with Gasteiger partial charge < -0.3 is 15.2 Å². The summed E-state index contributed by atoms with van der Waals surface area (Å²) in [6, 6.07) is 3.59. The quantitative estimate of drug-likeness (QED) is 0.679. The molecule has 0 radical (unpaired) electrons. The van der Waals surface area contributed by atoms with Crippen molar-refractivity contribution in [1.82, 2.24) is 15.3 Å². The number of hydrazine groups is 1. The van der Waals surface area contributed by atoms with Gasteiger partial charge in [0.15, 0.2) is 0 Å². The van der Waals surface area contributed by atoms with Crippen LogP contribution in [0, 0.1) is 0 Å². The van der Waals surface area contributed by atoms with Gasteiger partial charge in [-0.3, -0.25) is 14.4 Å². The SMILES string of the molecule is O=C1c2ccc3c(c2CN1N1C(=O)CCCC1=O)OCC31CCNCC1O. The van der Waals surface area contributed by atoms with Gasteiger partial charge >= 0.3 is 0 Å². The van der Waals surface area contributed by atoms with Gasteiger partial charge in [-0.1, -0.05) is 6.07 Å². The van der Waals surface area contributed by atoms with Gasteiger partial charge in [-0.05, 0) is 25.5 Å². The topological polar surface area (TPSA) is 99.2 Å². The number of hydrogen-bond donors (Lipinski definition) is 2. The maximum absolute atomic E-state index is 12.9. The second-order valence-electron chi connectivity index (χ2n) is 7.70. The summed E-state index contributed by atoms with van der Waals surface area (Å²) in [6.45, 7) is 1.80. The normalized spacial score (nSPS) is 30.0. The van der Waals surface area contributed by atoms with Crippen molar-refractivity contribution in [2.24, 2.45) is 0 Å². The second kappa shape index (κ2) is 5.77. The number of nitrogens with zero attached hydrogens (tertiary/aromatic N) is 2. The first kappa shape index (κ1) is 16.7. The van der Waals surface area contributed by atoms with Crippen LogP contribution >= 0.6 is 0 Å². The number of fused-ring (bicyclic) bond motifs is 4. The summed E-state index contributed by atoms with van der Waals surface area (Å²) in [7, 11) is 0. The Balaban J connectivity index is 1.53. The smallest absolute Gasteiger partial charge is 0.273 e. The van der Waals surface area contributed by atoms with Crippen LogP contribution in [0.5, 0.6) is 5.75 Å². The summed E-state index contributed by atoms with van der Waals surface area (Å²) in [6.07, 6.45) is 1.24. The number of aliphatic hydroxyl groups is 1. The van der Waals surface area contributed by atoms with E-state index in [9.17, 15) is 19.5 Å². The Hall–Kier alpha value is -2.45. The molecule has 1 aromatic carbocycles. The number of benzene rings is 1. The van der Waals surface area contributed by atoms with Crippen LogP contribution in [0.3, 0.4) is 0 Å². The average molecular weight is 371 g/mol. The molecule has 2 atom stereocenters. The van der Waals surface area contributed by atoms with Gasteiger partial charge in [-0.2, -0.15) is 5.01 Å². The van der Waals surface area contributed by atoms with E-state index in [4.69, 9.17) is 4.74 Å². The van der Waals surface area contributed by atoms with Crippen molar-refractivity contribution in [1.29, 1.82) is 0 Å². The molecule has 8 heteroatoms. The number of β-amino-alcohol motifs (C(OH)–C–C–N with tert-alkyl or cyclic N) is 1. The number of carbonyl (C=O) groups is 3. The number of ether oxygens (including phenoxy) is 1. The Morgan fingerprint density at radius 2 is 1.96 bits per heavy atom. The van der Waals surface area contributed by atoms with Crippen molar-refractivity contribution in [3.05, 3.63) is 28.8 Å². The Labute approximate surface area is 156 Å². The predicted octanol–water partition coefficient (Wildman–Crippen LogP) is 0.0809. The van der Waals surface area contributed by atoms with Crippen LogP contribution < -0.4 is 10.1 Å². The lowest BCUT2D eigenvalue weighted by Crippen LogP contribution is -2.52. The van der Waals surface area contributed by atoms with E-state index in [1.54, 1.807) is 6.07 Å². The molecule has 2 N–H and O–H groups in total. The van der Waals surface area contributed by atoms with E-state index in [1.807, 2.05) is 6.07 Å². The summed E-state index contributed by atoms with van der Waals surface area (Å²) >= 11 is 0. The summed E-state index contributed by atoms with van der Waals surface area (Å²) < 4.78 is 5.99. The van der Waals surface area contributed by atoms with E-state index in [-0.39, 0.29) is 37.1 Å². The van der Waals surface area contributed by atoms with Crippen molar-refractivity contribution in [3.63, 3.8) is 0 Å². The van der Waals surface area contributed by atoms with E-state index in [1.165, 1.54) is 5.01 Å². The van der Waals surface area contributed by atoms with Crippen LogP contribution in [0.25, 0.3) is 0 Å². The molecule has 5 rings (SSSR count). The summed E-state index contributed by atoms with van der Waals surface area (Å²) in [5.74, 6) is -0.404. The number of hydrogen-bond acceptors (Lipinski definition) is 6. The molecule has 0 bridgehead atoms. The van der Waals surface area contributed by atoms with Crippen molar-refractivity contribution in [3.8, 4) is 5.75 Å². The van der Waals surface area contributed by atoms with Gasteiger partial charge in [0, 0.05) is 30.5 Å². The molecule has 4 aliphatic heterocycles. The first-order chi connectivity index (χ1) is 13.0. The molecule has 8 nitrogen and oxygen atoms in total. The molecule has 0 saturated carbocycles. The molecule has 142 valence electrons. The zero-order valence-corrected chi connectivity index (χ0v) is 14.9. The zero-order chi connectivity index (χ0) is 18.8. The van der Waals surface area contributed by atoms with Gasteiger partial charge in [0.1, 0.15) is 12.4 Å². The lowest BCUT2D eigenvalue weighted by molar-refractivity contribution is -0.163. The van der Waals surface area contributed by atoms with Crippen LogP contribution in [0.4, 0.5) is 0 Å². The number of rotatable bonds is 1. The number of nitrogens with one attached hydrogen (secondary N) is 1. The van der Waals surface area contributed by atoms with Crippen molar-refractivity contribution < 1.29 is 24.2 Å². The highest BCUT2D eigenvalue weighted by molar-refractivity contribution is 6.05. The first-order valence-electron chi connectivity index (χ1n) is 9.38. The van der Waals surface area contributed by atoms with E-state index in [2.05, 4.69) is 5.32 Å². The molecule has 4 aliphatic rings. The third-order valence-electron chi connectivity index (χ3n) is 6.26. The molecule has 0 aliphatic carbocycles. The first-order valence-corrected chi connectivity index (χ1v) is 9.38. The molecule has 2 saturated heterocycles. The fraction of sp³-hybridized carbons (Fsp3) is 0.526. The minimum absolute atomic E-state index is 0.138. The number of aliphatic hydroxyl groups excluding tert-OH is 1. The Bertz CT molecular complexity index is 853. The lowest BCUT2D eigenvalue weighted by atomic mass is 9.72. The molecule has 2 unspecified atom stereocenters. The minimum atomic E-state index is -0.566. The van der Waals surface area contributed by atoms with E-state index in [0.717, 1.165) is 23.5 Å². The fourth-order valence-corrected chi connectivity index (χ4v) is 4.75.